The van der Waals surface area contributed by atoms with Crippen molar-refractivity contribution in [2.75, 3.05) is 18.4 Å². The van der Waals surface area contributed by atoms with Gasteiger partial charge in [0.15, 0.2) is 0 Å². The smallest absolute Gasteiger partial charge is 0.126 e. The third kappa shape index (κ3) is 4.62. The average Bonchev–Trinajstić information content (AvgIpc) is 2.17. The van der Waals surface area contributed by atoms with Crippen LogP contribution in [0.15, 0.2) is 18.2 Å². The van der Waals surface area contributed by atoms with Gasteiger partial charge in [-0.1, -0.05) is 0 Å². The first kappa shape index (κ1) is 13.0. The van der Waals surface area contributed by atoms with E-state index in [-0.39, 0.29) is 11.4 Å². The van der Waals surface area contributed by atoms with Crippen LogP contribution in [0.5, 0.6) is 0 Å². The first-order valence-corrected chi connectivity index (χ1v) is 5.63. The molecular weight excluding hydrogens is 203 g/mol. The minimum atomic E-state index is -0.154. The van der Waals surface area contributed by atoms with E-state index in [9.17, 15) is 4.39 Å². The lowest BCUT2D eigenvalue weighted by Crippen LogP contribution is -2.38. The summed E-state index contributed by atoms with van der Waals surface area (Å²) in [5.74, 6) is -0.154. The molecule has 0 spiro atoms. The molecule has 0 atom stereocenters. The van der Waals surface area contributed by atoms with Crippen molar-refractivity contribution in [1.82, 2.24) is 5.32 Å². The number of aryl methyl sites for hydroxylation is 1. The van der Waals surface area contributed by atoms with Gasteiger partial charge < -0.3 is 10.6 Å². The van der Waals surface area contributed by atoms with Crippen LogP contribution in [-0.2, 0) is 0 Å². The minimum absolute atomic E-state index is 0.139. The SMILES string of the molecule is Cc1cc(NCCNC(C)(C)C)ccc1F. The summed E-state index contributed by atoms with van der Waals surface area (Å²) in [6.45, 7) is 9.90. The molecule has 0 saturated heterocycles. The zero-order chi connectivity index (χ0) is 12.2. The van der Waals surface area contributed by atoms with Crippen LogP contribution < -0.4 is 10.6 Å². The number of nitrogens with one attached hydrogen (secondary N) is 2. The molecule has 0 bridgehead atoms. The highest BCUT2D eigenvalue weighted by molar-refractivity contribution is 5.45. The summed E-state index contributed by atoms with van der Waals surface area (Å²) in [6.07, 6.45) is 0. The summed E-state index contributed by atoms with van der Waals surface area (Å²) in [4.78, 5) is 0. The molecule has 2 N–H and O–H groups in total. The second-order valence-corrected chi connectivity index (χ2v) is 5.07. The molecule has 0 unspecified atom stereocenters. The van der Waals surface area contributed by atoms with Crippen molar-refractivity contribution in [1.29, 1.82) is 0 Å². The molecule has 3 heteroatoms. The van der Waals surface area contributed by atoms with E-state index in [4.69, 9.17) is 0 Å². The Morgan fingerprint density at radius 1 is 1.19 bits per heavy atom. The molecule has 2 nitrogen and oxygen atoms in total. The van der Waals surface area contributed by atoms with E-state index in [2.05, 4.69) is 31.4 Å². The monoisotopic (exact) mass is 224 g/mol. The summed E-state index contributed by atoms with van der Waals surface area (Å²) >= 11 is 0. The number of benzene rings is 1. The maximum Gasteiger partial charge on any atom is 0.126 e. The maximum atomic E-state index is 13.0. The molecule has 0 heterocycles. The Bertz CT molecular complexity index is 342. The highest BCUT2D eigenvalue weighted by Crippen LogP contribution is 2.13. The summed E-state index contributed by atoms with van der Waals surface area (Å²) in [6, 6.07) is 5.08. The average molecular weight is 224 g/mol. The van der Waals surface area contributed by atoms with Crippen LogP contribution in [-0.4, -0.2) is 18.6 Å². The molecule has 0 aliphatic carbocycles. The molecule has 1 aromatic carbocycles. The number of hydrogen-bond donors (Lipinski definition) is 2. The molecule has 1 rings (SSSR count). The van der Waals surface area contributed by atoms with E-state index >= 15 is 0 Å². The molecule has 0 amide bonds. The molecular formula is C13H21FN2. The van der Waals surface area contributed by atoms with Gasteiger partial charge in [0.2, 0.25) is 0 Å². The van der Waals surface area contributed by atoms with Crippen LogP contribution in [0.25, 0.3) is 0 Å². The first-order valence-electron chi connectivity index (χ1n) is 5.63. The Kier molecular flexibility index (Phi) is 4.30. The Balaban J connectivity index is 2.35. The van der Waals surface area contributed by atoms with E-state index < -0.39 is 0 Å². The lowest BCUT2D eigenvalue weighted by molar-refractivity contribution is 0.435. The minimum Gasteiger partial charge on any atom is -0.384 e. The Hall–Kier alpha value is -1.09. The lowest BCUT2D eigenvalue weighted by atomic mass is 10.1. The molecule has 0 aliphatic heterocycles. The quantitative estimate of drug-likeness (QED) is 0.768. The standard InChI is InChI=1S/C13H21FN2/c1-10-9-11(5-6-12(10)14)15-7-8-16-13(2,3)4/h5-6,9,15-16H,7-8H2,1-4H3. The Morgan fingerprint density at radius 2 is 1.88 bits per heavy atom. The highest BCUT2D eigenvalue weighted by atomic mass is 19.1. The zero-order valence-corrected chi connectivity index (χ0v) is 10.5. The third-order valence-electron chi connectivity index (χ3n) is 2.27. The van der Waals surface area contributed by atoms with E-state index in [1.165, 1.54) is 6.07 Å². The third-order valence-corrected chi connectivity index (χ3v) is 2.27. The van der Waals surface area contributed by atoms with Gasteiger partial charge in [-0.05, 0) is 51.5 Å². The van der Waals surface area contributed by atoms with Crippen molar-refractivity contribution in [3.8, 4) is 0 Å². The van der Waals surface area contributed by atoms with E-state index in [0.717, 1.165) is 18.8 Å². The van der Waals surface area contributed by atoms with Crippen LogP contribution in [0.1, 0.15) is 26.3 Å². The second-order valence-electron chi connectivity index (χ2n) is 5.07. The first-order chi connectivity index (χ1) is 7.38. The van der Waals surface area contributed by atoms with Crippen LogP contribution in [0, 0.1) is 12.7 Å². The van der Waals surface area contributed by atoms with Gasteiger partial charge in [-0.3, -0.25) is 0 Å². The number of anilines is 1. The van der Waals surface area contributed by atoms with Crippen LogP contribution in [0.4, 0.5) is 10.1 Å². The van der Waals surface area contributed by atoms with Gasteiger partial charge in [0.05, 0.1) is 0 Å². The normalized spacial score (nSPS) is 11.6. The fraction of sp³-hybridized carbons (Fsp3) is 0.538. The maximum absolute atomic E-state index is 13.0. The van der Waals surface area contributed by atoms with Gasteiger partial charge in [-0.15, -0.1) is 0 Å². The van der Waals surface area contributed by atoms with Crippen molar-refractivity contribution in [3.63, 3.8) is 0 Å². The lowest BCUT2D eigenvalue weighted by Gasteiger charge is -2.20. The number of rotatable bonds is 4. The predicted octanol–water partition coefficient (Wildman–Crippen LogP) is 2.93. The summed E-state index contributed by atoms with van der Waals surface area (Å²) in [5, 5.41) is 6.64. The van der Waals surface area contributed by atoms with Gasteiger partial charge in [0.1, 0.15) is 5.82 Å². The Labute approximate surface area is 97.3 Å². The van der Waals surface area contributed by atoms with E-state index in [1.54, 1.807) is 13.0 Å². The van der Waals surface area contributed by atoms with Crippen LogP contribution in [0.2, 0.25) is 0 Å². The Morgan fingerprint density at radius 3 is 2.44 bits per heavy atom. The summed E-state index contributed by atoms with van der Waals surface area (Å²) in [7, 11) is 0. The molecule has 1 aromatic rings. The molecule has 0 fully saturated rings. The number of hydrogen-bond acceptors (Lipinski definition) is 2. The van der Waals surface area contributed by atoms with E-state index in [1.807, 2.05) is 6.07 Å². The van der Waals surface area contributed by atoms with Gasteiger partial charge in [0.25, 0.3) is 0 Å². The van der Waals surface area contributed by atoms with Gasteiger partial charge >= 0.3 is 0 Å². The summed E-state index contributed by atoms with van der Waals surface area (Å²) in [5.41, 5.74) is 1.78. The molecule has 0 saturated carbocycles. The van der Waals surface area contributed by atoms with Crippen LogP contribution >= 0.6 is 0 Å². The number of halogens is 1. The molecule has 16 heavy (non-hydrogen) atoms. The predicted molar refractivity (Wildman–Crippen MR) is 67.4 cm³/mol. The van der Waals surface area contributed by atoms with Gasteiger partial charge in [0, 0.05) is 24.3 Å². The summed E-state index contributed by atoms with van der Waals surface area (Å²) < 4.78 is 13.0. The molecule has 0 aliphatic rings. The molecule has 90 valence electrons. The van der Waals surface area contributed by atoms with Crippen molar-refractivity contribution in [3.05, 3.63) is 29.6 Å². The fourth-order valence-electron chi connectivity index (χ4n) is 1.40. The van der Waals surface area contributed by atoms with Crippen LogP contribution in [0.3, 0.4) is 0 Å². The zero-order valence-electron chi connectivity index (χ0n) is 10.5. The van der Waals surface area contributed by atoms with Crippen molar-refractivity contribution < 1.29 is 4.39 Å². The van der Waals surface area contributed by atoms with Gasteiger partial charge in [-0.2, -0.15) is 0 Å². The van der Waals surface area contributed by atoms with E-state index in [0.29, 0.717) is 5.56 Å². The van der Waals surface area contributed by atoms with Crippen molar-refractivity contribution in [2.24, 2.45) is 0 Å². The van der Waals surface area contributed by atoms with Gasteiger partial charge in [-0.25, -0.2) is 4.39 Å². The second kappa shape index (κ2) is 5.30. The topological polar surface area (TPSA) is 24.1 Å². The fourth-order valence-corrected chi connectivity index (χ4v) is 1.40. The molecule has 0 radical (unpaired) electrons. The largest absolute Gasteiger partial charge is 0.384 e. The highest BCUT2D eigenvalue weighted by Gasteiger charge is 2.07. The molecule has 0 aromatic heterocycles. The van der Waals surface area contributed by atoms with Crippen molar-refractivity contribution in [2.45, 2.75) is 33.2 Å². The van der Waals surface area contributed by atoms with Crippen molar-refractivity contribution >= 4 is 5.69 Å².